The molecular weight excluding hydrogens is 300 g/mol. The van der Waals surface area contributed by atoms with Crippen molar-refractivity contribution < 1.29 is 0 Å². The fraction of sp³-hybridized carbons (Fsp3) is 0.417. The van der Waals surface area contributed by atoms with Gasteiger partial charge in [-0.2, -0.15) is 0 Å². The van der Waals surface area contributed by atoms with Gasteiger partial charge in [0.05, 0.1) is 16.4 Å². The van der Waals surface area contributed by atoms with Crippen LogP contribution < -0.4 is 5.69 Å². The van der Waals surface area contributed by atoms with E-state index in [9.17, 15) is 4.79 Å². The summed E-state index contributed by atoms with van der Waals surface area (Å²) in [5.41, 5.74) is 1.92. The van der Waals surface area contributed by atoms with Gasteiger partial charge in [-0.3, -0.25) is 4.57 Å². The Labute approximate surface area is 112 Å². The second-order valence-corrected chi connectivity index (χ2v) is 6.40. The molecule has 0 bridgehead atoms. The number of hydrogen-bond acceptors (Lipinski definition) is 2. The maximum Gasteiger partial charge on any atom is 0.327 e. The van der Waals surface area contributed by atoms with Crippen molar-refractivity contribution in [1.82, 2.24) is 9.55 Å². The van der Waals surface area contributed by atoms with Crippen LogP contribution in [-0.2, 0) is 0 Å². The van der Waals surface area contributed by atoms with E-state index in [4.69, 9.17) is 0 Å². The van der Waals surface area contributed by atoms with Crippen LogP contribution in [0.1, 0.15) is 24.6 Å². The Balaban J connectivity index is 2.20. The van der Waals surface area contributed by atoms with E-state index in [-0.39, 0.29) is 11.1 Å². The van der Waals surface area contributed by atoms with Crippen molar-refractivity contribution in [2.75, 3.05) is 5.75 Å². The fourth-order valence-corrected chi connectivity index (χ4v) is 4.22. The lowest BCUT2D eigenvalue weighted by Gasteiger charge is -2.22. The summed E-state index contributed by atoms with van der Waals surface area (Å²) in [6.07, 6.45) is 3.56. The molecule has 1 aliphatic rings. The van der Waals surface area contributed by atoms with Crippen LogP contribution in [0.5, 0.6) is 0 Å². The lowest BCUT2D eigenvalue weighted by molar-refractivity contribution is 0.568. The maximum atomic E-state index is 12.1. The molecule has 3 nitrogen and oxygen atoms in total. The molecule has 0 spiro atoms. The average molecular weight is 313 g/mol. The van der Waals surface area contributed by atoms with E-state index in [1.54, 1.807) is 0 Å². The van der Waals surface area contributed by atoms with Crippen LogP contribution in [0.25, 0.3) is 11.0 Å². The van der Waals surface area contributed by atoms with Crippen molar-refractivity contribution in [2.24, 2.45) is 0 Å². The number of halogens is 1. The summed E-state index contributed by atoms with van der Waals surface area (Å²) in [6, 6.07) is 5.88. The first kappa shape index (κ1) is 11.4. The molecule has 1 unspecified atom stereocenters. The summed E-state index contributed by atoms with van der Waals surface area (Å²) in [6.45, 7) is 0. The largest absolute Gasteiger partial charge is 0.327 e. The number of aromatic nitrogens is 2. The molecule has 2 aromatic rings. The number of nitrogens with one attached hydrogen (secondary N) is 1. The van der Waals surface area contributed by atoms with Crippen molar-refractivity contribution in [3.05, 3.63) is 33.2 Å². The topological polar surface area (TPSA) is 37.8 Å². The summed E-state index contributed by atoms with van der Waals surface area (Å²) in [5, 5.41) is 0.281. The smallest absolute Gasteiger partial charge is 0.305 e. The van der Waals surface area contributed by atoms with Crippen LogP contribution in [0, 0.1) is 0 Å². The maximum absolute atomic E-state index is 12.1. The van der Waals surface area contributed by atoms with Crippen LogP contribution in [0.4, 0.5) is 0 Å². The summed E-state index contributed by atoms with van der Waals surface area (Å²) < 4.78 is 2.89. The number of H-pyrrole nitrogens is 1. The molecule has 3 rings (SSSR count). The van der Waals surface area contributed by atoms with Gasteiger partial charge in [-0.05, 0) is 53.1 Å². The third kappa shape index (κ3) is 1.95. The van der Waals surface area contributed by atoms with Gasteiger partial charge in [-0.1, -0.05) is 6.07 Å². The Morgan fingerprint density at radius 2 is 2.29 bits per heavy atom. The molecule has 1 N–H and O–H groups in total. The minimum Gasteiger partial charge on any atom is -0.305 e. The first-order valence-corrected chi connectivity index (χ1v) is 7.62. The minimum absolute atomic E-state index is 0.00583. The van der Waals surface area contributed by atoms with Gasteiger partial charge in [0, 0.05) is 4.47 Å². The van der Waals surface area contributed by atoms with E-state index in [0.29, 0.717) is 0 Å². The molecule has 1 atom stereocenters. The number of nitrogens with zero attached hydrogens (tertiary/aromatic N) is 1. The van der Waals surface area contributed by atoms with Gasteiger partial charge in [0.2, 0.25) is 0 Å². The molecule has 0 aliphatic carbocycles. The number of benzene rings is 1. The van der Waals surface area contributed by atoms with Crippen LogP contribution in [0.15, 0.2) is 27.5 Å². The molecule has 1 saturated heterocycles. The van der Waals surface area contributed by atoms with E-state index in [2.05, 4.69) is 20.9 Å². The minimum atomic E-state index is 0.00583. The van der Waals surface area contributed by atoms with Crippen LogP contribution >= 0.6 is 27.7 Å². The molecule has 1 aromatic heterocycles. The van der Waals surface area contributed by atoms with Crippen molar-refractivity contribution in [3.8, 4) is 0 Å². The van der Waals surface area contributed by atoms with Gasteiger partial charge in [-0.25, -0.2) is 4.79 Å². The van der Waals surface area contributed by atoms with Crippen LogP contribution in [0.3, 0.4) is 0 Å². The van der Waals surface area contributed by atoms with Gasteiger partial charge in [0.15, 0.2) is 0 Å². The number of thioether (sulfide) groups is 1. The van der Waals surface area contributed by atoms with Gasteiger partial charge >= 0.3 is 5.69 Å². The third-order valence-electron chi connectivity index (χ3n) is 3.13. The van der Waals surface area contributed by atoms with Gasteiger partial charge in [0.25, 0.3) is 0 Å². The SMILES string of the molecule is O=c1[nH]c2cccc(Br)c2n1C1CCCCS1. The van der Waals surface area contributed by atoms with E-state index in [0.717, 1.165) is 27.7 Å². The van der Waals surface area contributed by atoms with E-state index < -0.39 is 0 Å². The number of rotatable bonds is 1. The first-order valence-electron chi connectivity index (χ1n) is 5.78. The van der Waals surface area contributed by atoms with E-state index >= 15 is 0 Å². The van der Waals surface area contributed by atoms with E-state index in [1.165, 1.54) is 12.8 Å². The molecule has 2 heterocycles. The molecule has 0 amide bonds. The highest BCUT2D eigenvalue weighted by Crippen LogP contribution is 2.36. The molecular formula is C12H13BrN2OS. The van der Waals surface area contributed by atoms with Crippen LogP contribution in [0.2, 0.25) is 0 Å². The zero-order valence-corrected chi connectivity index (χ0v) is 11.7. The average Bonchev–Trinajstić information content (AvgIpc) is 2.68. The molecule has 1 aromatic carbocycles. The number of fused-ring (bicyclic) bond motifs is 1. The first-order chi connectivity index (χ1) is 8.27. The lowest BCUT2D eigenvalue weighted by atomic mass is 10.2. The number of para-hydroxylation sites is 1. The van der Waals surface area contributed by atoms with Gasteiger partial charge < -0.3 is 4.98 Å². The molecule has 0 radical (unpaired) electrons. The second kappa shape index (κ2) is 4.53. The van der Waals surface area contributed by atoms with Crippen molar-refractivity contribution >= 4 is 38.7 Å². The Hall–Kier alpha value is -0.680. The van der Waals surface area contributed by atoms with Gasteiger partial charge in [0.1, 0.15) is 0 Å². The predicted molar refractivity (Wildman–Crippen MR) is 75.6 cm³/mol. The number of aromatic amines is 1. The van der Waals surface area contributed by atoms with E-state index in [1.807, 2.05) is 34.5 Å². The standard InChI is InChI=1S/C12H13BrN2OS/c13-8-4-3-5-9-11(8)15(12(16)14-9)10-6-1-2-7-17-10/h3-5,10H,1-2,6-7H2,(H,14,16). The quantitative estimate of drug-likeness (QED) is 0.875. The van der Waals surface area contributed by atoms with Crippen molar-refractivity contribution in [3.63, 3.8) is 0 Å². The van der Waals surface area contributed by atoms with Crippen LogP contribution in [-0.4, -0.2) is 15.3 Å². The Bertz CT molecular complexity index is 598. The Morgan fingerprint density at radius 3 is 3.06 bits per heavy atom. The molecule has 17 heavy (non-hydrogen) atoms. The highest BCUT2D eigenvalue weighted by molar-refractivity contribution is 9.10. The lowest BCUT2D eigenvalue weighted by Crippen LogP contribution is -2.22. The third-order valence-corrected chi connectivity index (χ3v) is 5.13. The summed E-state index contributed by atoms with van der Waals surface area (Å²) in [5.74, 6) is 1.15. The number of imidazole rings is 1. The molecule has 90 valence electrons. The summed E-state index contributed by atoms with van der Waals surface area (Å²) >= 11 is 5.42. The normalized spacial score (nSPS) is 20.9. The summed E-state index contributed by atoms with van der Waals surface area (Å²) in [4.78, 5) is 15.0. The molecule has 1 aliphatic heterocycles. The van der Waals surface area contributed by atoms with Crippen molar-refractivity contribution in [2.45, 2.75) is 24.6 Å². The number of hydrogen-bond donors (Lipinski definition) is 1. The predicted octanol–water partition coefficient (Wildman–Crippen LogP) is 3.51. The Morgan fingerprint density at radius 1 is 1.41 bits per heavy atom. The second-order valence-electron chi connectivity index (χ2n) is 4.26. The zero-order chi connectivity index (χ0) is 11.8. The highest BCUT2D eigenvalue weighted by Gasteiger charge is 2.21. The molecule has 0 saturated carbocycles. The monoisotopic (exact) mass is 312 g/mol. The molecule has 1 fully saturated rings. The van der Waals surface area contributed by atoms with Gasteiger partial charge in [-0.15, -0.1) is 11.8 Å². The summed E-state index contributed by atoms with van der Waals surface area (Å²) in [7, 11) is 0. The fourth-order valence-electron chi connectivity index (χ4n) is 2.34. The van der Waals surface area contributed by atoms with Crippen molar-refractivity contribution in [1.29, 1.82) is 0 Å². The molecule has 5 heteroatoms. The highest BCUT2D eigenvalue weighted by atomic mass is 79.9. The Kier molecular flexibility index (Phi) is 3.04. The zero-order valence-electron chi connectivity index (χ0n) is 9.28.